The lowest BCUT2D eigenvalue weighted by molar-refractivity contribution is -0.384. The number of amides is 1. The standard InChI is InChI=1S/C14H16N4O4/c1-14(20,11-7-16-17(2)8-11)9-15-13(19)10-4-3-5-12(6-10)18(21)22/h3-8,20H,9H2,1-2H3,(H,15,19). The summed E-state index contributed by atoms with van der Waals surface area (Å²) in [6, 6.07) is 5.41. The van der Waals surface area contributed by atoms with Crippen molar-refractivity contribution in [2.24, 2.45) is 7.05 Å². The summed E-state index contributed by atoms with van der Waals surface area (Å²) in [5.74, 6) is -0.493. The van der Waals surface area contributed by atoms with Crippen LogP contribution in [0.3, 0.4) is 0 Å². The molecule has 1 unspecified atom stereocenters. The van der Waals surface area contributed by atoms with Crippen LogP contribution >= 0.6 is 0 Å². The highest BCUT2D eigenvalue weighted by Gasteiger charge is 2.25. The fraction of sp³-hybridized carbons (Fsp3) is 0.286. The van der Waals surface area contributed by atoms with Gasteiger partial charge in [-0.2, -0.15) is 5.10 Å². The lowest BCUT2D eigenvalue weighted by Gasteiger charge is -2.22. The Hall–Kier alpha value is -2.74. The number of carbonyl (C=O) groups is 1. The summed E-state index contributed by atoms with van der Waals surface area (Å²) in [6.07, 6.45) is 3.17. The van der Waals surface area contributed by atoms with Crippen LogP contribution in [0.4, 0.5) is 5.69 Å². The fourth-order valence-corrected chi connectivity index (χ4v) is 1.92. The van der Waals surface area contributed by atoms with Gasteiger partial charge < -0.3 is 10.4 Å². The minimum Gasteiger partial charge on any atom is -0.383 e. The van der Waals surface area contributed by atoms with Gasteiger partial charge in [0.15, 0.2) is 0 Å². The maximum absolute atomic E-state index is 12.0. The van der Waals surface area contributed by atoms with E-state index >= 15 is 0 Å². The minimum atomic E-state index is -1.29. The van der Waals surface area contributed by atoms with Gasteiger partial charge in [-0.15, -0.1) is 0 Å². The molecule has 2 aromatic rings. The molecule has 1 amide bonds. The number of aliphatic hydroxyl groups is 1. The Kier molecular flexibility index (Phi) is 4.22. The fourth-order valence-electron chi connectivity index (χ4n) is 1.92. The lowest BCUT2D eigenvalue weighted by atomic mass is 9.99. The number of nitrogens with zero attached hydrogens (tertiary/aromatic N) is 3. The third kappa shape index (κ3) is 3.47. The largest absolute Gasteiger partial charge is 0.383 e. The van der Waals surface area contributed by atoms with Gasteiger partial charge >= 0.3 is 0 Å². The van der Waals surface area contributed by atoms with Crippen molar-refractivity contribution >= 4 is 11.6 Å². The molecule has 0 bridgehead atoms. The molecule has 0 aliphatic rings. The smallest absolute Gasteiger partial charge is 0.270 e. The van der Waals surface area contributed by atoms with Crippen LogP contribution in [0.15, 0.2) is 36.7 Å². The molecular weight excluding hydrogens is 288 g/mol. The molecule has 0 saturated heterocycles. The van der Waals surface area contributed by atoms with E-state index in [-0.39, 0.29) is 17.8 Å². The Morgan fingerprint density at radius 3 is 2.86 bits per heavy atom. The van der Waals surface area contributed by atoms with Crippen molar-refractivity contribution in [3.05, 3.63) is 57.9 Å². The van der Waals surface area contributed by atoms with E-state index in [0.29, 0.717) is 5.56 Å². The lowest BCUT2D eigenvalue weighted by Crippen LogP contribution is -2.38. The van der Waals surface area contributed by atoms with E-state index in [1.165, 1.54) is 30.5 Å². The van der Waals surface area contributed by atoms with Crippen molar-refractivity contribution in [2.75, 3.05) is 6.54 Å². The van der Waals surface area contributed by atoms with E-state index in [4.69, 9.17) is 0 Å². The second-order valence-corrected chi connectivity index (χ2v) is 5.17. The van der Waals surface area contributed by atoms with Crippen molar-refractivity contribution in [3.63, 3.8) is 0 Å². The molecule has 0 fully saturated rings. The Morgan fingerprint density at radius 2 is 2.27 bits per heavy atom. The summed E-state index contributed by atoms with van der Waals surface area (Å²) in [5, 5.41) is 27.6. The summed E-state index contributed by atoms with van der Waals surface area (Å²) < 4.78 is 1.55. The van der Waals surface area contributed by atoms with Crippen LogP contribution in [0.25, 0.3) is 0 Å². The number of aromatic nitrogens is 2. The van der Waals surface area contributed by atoms with Crippen LogP contribution in [0.5, 0.6) is 0 Å². The normalized spacial score (nSPS) is 13.4. The third-order valence-electron chi connectivity index (χ3n) is 3.24. The van der Waals surface area contributed by atoms with Crippen molar-refractivity contribution in [3.8, 4) is 0 Å². The van der Waals surface area contributed by atoms with Crippen LogP contribution < -0.4 is 5.32 Å². The van der Waals surface area contributed by atoms with E-state index in [9.17, 15) is 20.0 Å². The van der Waals surface area contributed by atoms with E-state index in [1.807, 2.05) is 0 Å². The first-order valence-corrected chi connectivity index (χ1v) is 6.54. The number of benzene rings is 1. The molecule has 1 aromatic heterocycles. The number of aryl methyl sites for hydroxylation is 1. The van der Waals surface area contributed by atoms with Gasteiger partial charge in [0, 0.05) is 36.5 Å². The summed E-state index contributed by atoms with van der Waals surface area (Å²) >= 11 is 0. The van der Waals surface area contributed by atoms with Gasteiger partial charge in [-0.25, -0.2) is 0 Å². The van der Waals surface area contributed by atoms with E-state index in [0.717, 1.165) is 0 Å². The monoisotopic (exact) mass is 304 g/mol. The molecule has 0 spiro atoms. The number of nitrogens with one attached hydrogen (secondary N) is 1. The Bertz CT molecular complexity index is 708. The molecule has 22 heavy (non-hydrogen) atoms. The Labute approximate surface area is 126 Å². The van der Waals surface area contributed by atoms with Crippen LogP contribution in [-0.4, -0.2) is 32.3 Å². The molecule has 1 heterocycles. The number of rotatable bonds is 5. The summed E-state index contributed by atoms with van der Waals surface area (Å²) in [7, 11) is 1.72. The molecule has 116 valence electrons. The van der Waals surface area contributed by atoms with Gasteiger partial charge in [0.25, 0.3) is 11.6 Å². The quantitative estimate of drug-likeness (QED) is 0.631. The number of hydrogen-bond donors (Lipinski definition) is 2. The summed E-state index contributed by atoms with van der Waals surface area (Å²) in [6.45, 7) is 1.51. The molecule has 0 aliphatic heterocycles. The van der Waals surface area contributed by atoms with Crippen molar-refractivity contribution < 1.29 is 14.8 Å². The molecule has 1 aromatic carbocycles. The highest BCUT2D eigenvalue weighted by Crippen LogP contribution is 2.19. The van der Waals surface area contributed by atoms with Crippen molar-refractivity contribution in [2.45, 2.75) is 12.5 Å². The topological polar surface area (TPSA) is 110 Å². The molecule has 1 atom stereocenters. The Morgan fingerprint density at radius 1 is 1.55 bits per heavy atom. The van der Waals surface area contributed by atoms with Gasteiger partial charge in [-0.1, -0.05) is 6.07 Å². The van der Waals surface area contributed by atoms with Gasteiger partial charge in [0.1, 0.15) is 5.60 Å². The molecule has 0 saturated carbocycles. The second-order valence-electron chi connectivity index (χ2n) is 5.17. The van der Waals surface area contributed by atoms with Gasteiger partial charge in [-0.05, 0) is 13.0 Å². The highest BCUT2D eigenvalue weighted by molar-refractivity contribution is 5.94. The van der Waals surface area contributed by atoms with Crippen LogP contribution in [0.2, 0.25) is 0 Å². The average Bonchev–Trinajstić information content (AvgIpc) is 2.92. The zero-order valence-corrected chi connectivity index (χ0v) is 12.2. The first-order chi connectivity index (χ1) is 10.3. The van der Waals surface area contributed by atoms with Crippen molar-refractivity contribution in [1.29, 1.82) is 0 Å². The van der Waals surface area contributed by atoms with Crippen LogP contribution in [0.1, 0.15) is 22.8 Å². The first kappa shape index (κ1) is 15.6. The number of non-ortho nitro benzene ring substituents is 1. The minimum absolute atomic E-state index is 0.0414. The maximum Gasteiger partial charge on any atom is 0.270 e. The molecule has 2 N–H and O–H groups in total. The average molecular weight is 304 g/mol. The summed E-state index contributed by atoms with van der Waals surface area (Å²) in [5.41, 5.74) is -0.720. The van der Waals surface area contributed by atoms with Gasteiger partial charge in [-0.3, -0.25) is 19.6 Å². The summed E-state index contributed by atoms with van der Waals surface area (Å²) in [4.78, 5) is 22.2. The molecule has 2 rings (SSSR count). The van der Waals surface area contributed by atoms with E-state index < -0.39 is 16.4 Å². The second kappa shape index (κ2) is 5.94. The maximum atomic E-state index is 12.0. The Balaban J connectivity index is 2.06. The van der Waals surface area contributed by atoms with Gasteiger partial charge in [0.05, 0.1) is 17.7 Å². The molecular formula is C14H16N4O4. The molecule has 8 heteroatoms. The third-order valence-corrected chi connectivity index (χ3v) is 3.24. The molecule has 0 aliphatic carbocycles. The number of carbonyl (C=O) groups excluding carboxylic acids is 1. The number of nitro benzene ring substituents is 1. The number of hydrogen-bond acceptors (Lipinski definition) is 5. The number of nitro groups is 1. The van der Waals surface area contributed by atoms with E-state index in [1.54, 1.807) is 24.9 Å². The van der Waals surface area contributed by atoms with Gasteiger partial charge in [0.2, 0.25) is 0 Å². The molecule has 0 radical (unpaired) electrons. The SMILES string of the molecule is Cn1cc(C(C)(O)CNC(=O)c2cccc([N+](=O)[O-])c2)cn1. The predicted molar refractivity (Wildman–Crippen MR) is 78.2 cm³/mol. The zero-order valence-electron chi connectivity index (χ0n) is 12.2. The van der Waals surface area contributed by atoms with Crippen molar-refractivity contribution in [1.82, 2.24) is 15.1 Å². The van der Waals surface area contributed by atoms with Crippen LogP contribution in [-0.2, 0) is 12.6 Å². The van der Waals surface area contributed by atoms with Crippen LogP contribution in [0, 0.1) is 10.1 Å². The predicted octanol–water partition coefficient (Wildman–Crippen LogP) is 0.966. The van der Waals surface area contributed by atoms with E-state index in [2.05, 4.69) is 10.4 Å². The zero-order chi connectivity index (χ0) is 16.3. The molecule has 8 nitrogen and oxygen atoms in total. The first-order valence-electron chi connectivity index (χ1n) is 6.54. The highest BCUT2D eigenvalue weighted by atomic mass is 16.6.